The number of nitrogens with one attached hydrogen (secondary N) is 1. The molecule has 0 bridgehead atoms. The van der Waals surface area contributed by atoms with Gasteiger partial charge in [0.1, 0.15) is 0 Å². The molecule has 0 atom stereocenters. The molecule has 0 unspecified atom stereocenters. The molecule has 10 heavy (non-hydrogen) atoms. The largest absolute Gasteiger partial charge is 0.374 e. The summed E-state index contributed by atoms with van der Waals surface area (Å²) in [5.41, 5.74) is 0. The van der Waals surface area contributed by atoms with E-state index in [1.165, 1.54) is 0 Å². The fourth-order valence-electron chi connectivity index (χ4n) is 0.341. The first-order valence-electron chi connectivity index (χ1n) is 3.40. The van der Waals surface area contributed by atoms with E-state index in [0.717, 1.165) is 0 Å². The van der Waals surface area contributed by atoms with Gasteiger partial charge in [-0.05, 0) is 27.7 Å². The van der Waals surface area contributed by atoms with E-state index in [0.29, 0.717) is 12.1 Å². The Morgan fingerprint density at radius 3 is 2.00 bits per heavy atom. The molecule has 0 saturated carbocycles. The molecule has 0 saturated heterocycles. The number of rotatable bonds is 3. The minimum absolute atomic E-state index is 0. The van der Waals surface area contributed by atoms with Crippen LogP contribution in [0.25, 0.3) is 0 Å². The van der Waals surface area contributed by atoms with E-state index in [1.807, 2.05) is 0 Å². The molecule has 0 rings (SSSR count). The number of halogens is 1. The van der Waals surface area contributed by atoms with Crippen molar-refractivity contribution >= 4 is 18.7 Å². The van der Waals surface area contributed by atoms with E-state index in [4.69, 9.17) is 0 Å². The Morgan fingerprint density at radius 2 is 1.70 bits per heavy atom. The van der Waals surface area contributed by atoms with Crippen LogP contribution < -0.4 is 5.32 Å². The number of aliphatic imine (C=N–C) groups is 1. The lowest BCUT2D eigenvalue weighted by atomic mass is 10.4. The van der Waals surface area contributed by atoms with Crippen LogP contribution in [0.15, 0.2) is 4.99 Å². The van der Waals surface area contributed by atoms with Gasteiger partial charge in [-0.15, -0.1) is 12.4 Å². The van der Waals surface area contributed by atoms with E-state index in [2.05, 4.69) is 38.0 Å². The van der Waals surface area contributed by atoms with Gasteiger partial charge < -0.3 is 5.32 Å². The lowest BCUT2D eigenvalue weighted by molar-refractivity contribution is 0.732. The summed E-state index contributed by atoms with van der Waals surface area (Å²) >= 11 is 0. The number of hydrogen-bond donors (Lipinski definition) is 1. The number of nitrogens with zero attached hydrogens (tertiary/aromatic N) is 1. The molecule has 62 valence electrons. The molecule has 0 aliphatic rings. The fourth-order valence-corrected chi connectivity index (χ4v) is 0.341. The monoisotopic (exact) mass is 164 g/mol. The van der Waals surface area contributed by atoms with Crippen molar-refractivity contribution in [1.82, 2.24) is 5.32 Å². The molecule has 0 amide bonds. The second-order valence-electron chi connectivity index (χ2n) is 2.69. The molecule has 0 radical (unpaired) electrons. The van der Waals surface area contributed by atoms with E-state index in [1.54, 1.807) is 6.34 Å². The Balaban J connectivity index is 0. The predicted octanol–water partition coefficient (Wildman–Crippen LogP) is 1.84. The summed E-state index contributed by atoms with van der Waals surface area (Å²) < 4.78 is 0. The van der Waals surface area contributed by atoms with E-state index < -0.39 is 0 Å². The van der Waals surface area contributed by atoms with Gasteiger partial charge in [-0.25, -0.2) is 0 Å². The third kappa shape index (κ3) is 10.7. The van der Waals surface area contributed by atoms with Gasteiger partial charge in [0.2, 0.25) is 0 Å². The molecule has 0 spiro atoms. The first kappa shape index (κ1) is 12.4. The molecular formula is C7H17ClN2. The zero-order valence-corrected chi connectivity index (χ0v) is 7.90. The average Bonchev–Trinajstić information content (AvgIpc) is 1.63. The van der Waals surface area contributed by atoms with Gasteiger partial charge in [-0.1, -0.05) is 0 Å². The van der Waals surface area contributed by atoms with Gasteiger partial charge in [0, 0.05) is 12.1 Å². The molecule has 0 aliphatic carbocycles. The van der Waals surface area contributed by atoms with Crippen molar-refractivity contribution in [2.24, 2.45) is 4.99 Å². The van der Waals surface area contributed by atoms with Gasteiger partial charge in [0.15, 0.2) is 0 Å². The van der Waals surface area contributed by atoms with Crippen LogP contribution in [-0.2, 0) is 0 Å². The summed E-state index contributed by atoms with van der Waals surface area (Å²) in [5, 5.41) is 3.09. The minimum Gasteiger partial charge on any atom is -0.374 e. The minimum atomic E-state index is 0. The van der Waals surface area contributed by atoms with Crippen molar-refractivity contribution < 1.29 is 0 Å². The second kappa shape index (κ2) is 6.87. The summed E-state index contributed by atoms with van der Waals surface area (Å²) in [4.78, 5) is 4.13. The molecule has 2 nitrogen and oxygen atoms in total. The van der Waals surface area contributed by atoms with E-state index in [-0.39, 0.29) is 12.4 Å². The molecule has 0 aromatic heterocycles. The van der Waals surface area contributed by atoms with Crippen LogP contribution in [-0.4, -0.2) is 18.4 Å². The molecule has 0 heterocycles. The molecular weight excluding hydrogens is 148 g/mol. The van der Waals surface area contributed by atoms with Crippen molar-refractivity contribution in [2.45, 2.75) is 39.8 Å². The van der Waals surface area contributed by atoms with Crippen molar-refractivity contribution in [1.29, 1.82) is 0 Å². The highest BCUT2D eigenvalue weighted by atomic mass is 35.5. The SMILES string of the molecule is CC(C)N=CNC(C)C.Cl. The average molecular weight is 165 g/mol. The van der Waals surface area contributed by atoms with Gasteiger partial charge >= 0.3 is 0 Å². The van der Waals surface area contributed by atoms with Gasteiger partial charge in [0.05, 0.1) is 6.34 Å². The summed E-state index contributed by atoms with van der Waals surface area (Å²) in [6.07, 6.45) is 1.77. The fraction of sp³-hybridized carbons (Fsp3) is 0.857. The van der Waals surface area contributed by atoms with Gasteiger partial charge in [0.25, 0.3) is 0 Å². The van der Waals surface area contributed by atoms with Crippen molar-refractivity contribution in [3.8, 4) is 0 Å². The summed E-state index contributed by atoms with van der Waals surface area (Å²) in [5.74, 6) is 0. The lowest BCUT2D eigenvalue weighted by Gasteiger charge is -2.02. The molecule has 3 heteroatoms. The zero-order chi connectivity index (χ0) is 7.28. The van der Waals surface area contributed by atoms with Crippen molar-refractivity contribution in [3.63, 3.8) is 0 Å². The highest BCUT2D eigenvalue weighted by molar-refractivity contribution is 5.85. The van der Waals surface area contributed by atoms with Crippen LogP contribution in [0, 0.1) is 0 Å². The maximum Gasteiger partial charge on any atom is 0.0828 e. The Kier molecular flexibility index (Phi) is 8.55. The Labute approximate surface area is 69.5 Å². The zero-order valence-electron chi connectivity index (χ0n) is 7.09. The summed E-state index contributed by atoms with van der Waals surface area (Å²) in [7, 11) is 0. The number of hydrogen-bond acceptors (Lipinski definition) is 1. The Hall–Kier alpha value is -0.240. The van der Waals surface area contributed by atoms with Crippen molar-refractivity contribution in [2.75, 3.05) is 0 Å². The van der Waals surface area contributed by atoms with E-state index in [9.17, 15) is 0 Å². The quantitative estimate of drug-likeness (QED) is 0.500. The standard InChI is InChI=1S/C7H16N2.ClH/c1-6(2)8-5-9-7(3)4;/h5-7H,1-4H3,(H,8,9);1H. The first-order chi connectivity index (χ1) is 4.13. The first-order valence-corrected chi connectivity index (χ1v) is 3.40. The van der Waals surface area contributed by atoms with Crippen molar-refractivity contribution in [3.05, 3.63) is 0 Å². The molecule has 0 aromatic rings. The van der Waals surface area contributed by atoms with Crippen LogP contribution in [0.1, 0.15) is 27.7 Å². The van der Waals surface area contributed by atoms with Crippen LogP contribution >= 0.6 is 12.4 Å². The van der Waals surface area contributed by atoms with Gasteiger partial charge in [-0.2, -0.15) is 0 Å². The smallest absolute Gasteiger partial charge is 0.0828 e. The summed E-state index contributed by atoms with van der Waals surface area (Å²) in [6.45, 7) is 8.29. The lowest BCUT2D eigenvalue weighted by Crippen LogP contribution is -2.20. The summed E-state index contributed by atoms with van der Waals surface area (Å²) in [6, 6.07) is 0.892. The normalized spacial score (nSPS) is 10.6. The van der Waals surface area contributed by atoms with Crippen LogP contribution in [0.2, 0.25) is 0 Å². The maximum atomic E-state index is 4.13. The molecule has 0 fully saturated rings. The highest BCUT2D eigenvalue weighted by Gasteiger charge is 1.85. The third-order valence-corrected chi connectivity index (χ3v) is 0.781. The van der Waals surface area contributed by atoms with Gasteiger partial charge in [-0.3, -0.25) is 4.99 Å². The Morgan fingerprint density at radius 1 is 1.20 bits per heavy atom. The third-order valence-electron chi connectivity index (χ3n) is 0.781. The van der Waals surface area contributed by atoms with Crippen LogP contribution in [0.3, 0.4) is 0 Å². The highest BCUT2D eigenvalue weighted by Crippen LogP contribution is 1.81. The predicted molar refractivity (Wildman–Crippen MR) is 49.1 cm³/mol. The van der Waals surface area contributed by atoms with E-state index >= 15 is 0 Å². The topological polar surface area (TPSA) is 24.4 Å². The Bertz CT molecular complexity index is 89.6. The second-order valence-corrected chi connectivity index (χ2v) is 2.69. The molecule has 1 N–H and O–H groups in total. The van der Waals surface area contributed by atoms with Crippen LogP contribution in [0.5, 0.6) is 0 Å². The molecule has 0 aliphatic heterocycles. The molecule has 0 aromatic carbocycles. The maximum absolute atomic E-state index is 4.13. The van der Waals surface area contributed by atoms with Crippen LogP contribution in [0.4, 0.5) is 0 Å².